The SMILES string of the molecule is COc1cc(NS(=O)(=O)c2cc(-c3noc(C(=O)N4CCCC4)n3)ccc2C)cc(OC)c1. The Balaban J connectivity index is 1.63. The molecule has 2 aromatic carbocycles. The number of methoxy groups -OCH3 is 2. The van der Waals surface area contributed by atoms with Gasteiger partial charge in [-0.05, 0) is 31.4 Å². The number of likely N-dealkylation sites (tertiary alicyclic amines) is 1. The fourth-order valence-corrected chi connectivity index (χ4v) is 4.90. The van der Waals surface area contributed by atoms with Gasteiger partial charge in [-0.2, -0.15) is 4.98 Å². The average molecular weight is 473 g/mol. The van der Waals surface area contributed by atoms with Crippen molar-refractivity contribution >= 4 is 21.6 Å². The summed E-state index contributed by atoms with van der Waals surface area (Å²) in [6, 6.07) is 9.51. The number of sulfonamides is 1. The molecular weight excluding hydrogens is 448 g/mol. The van der Waals surface area contributed by atoms with E-state index in [0.29, 0.717) is 35.7 Å². The molecule has 0 bridgehead atoms. The summed E-state index contributed by atoms with van der Waals surface area (Å²) in [5.41, 5.74) is 1.22. The number of hydrogen-bond acceptors (Lipinski definition) is 8. The van der Waals surface area contributed by atoms with E-state index in [9.17, 15) is 13.2 Å². The first-order valence-electron chi connectivity index (χ1n) is 10.3. The number of benzene rings is 2. The van der Waals surface area contributed by atoms with Crippen molar-refractivity contribution in [1.29, 1.82) is 0 Å². The number of rotatable bonds is 7. The Morgan fingerprint density at radius 1 is 1.06 bits per heavy atom. The third-order valence-corrected chi connectivity index (χ3v) is 6.87. The van der Waals surface area contributed by atoms with E-state index in [-0.39, 0.29) is 28.2 Å². The Morgan fingerprint density at radius 2 is 1.73 bits per heavy atom. The highest BCUT2D eigenvalue weighted by atomic mass is 32.2. The molecule has 0 atom stereocenters. The fourth-order valence-electron chi connectivity index (χ4n) is 3.59. The normalized spacial score (nSPS) is 13.7. The number of anilines is 1. The van der Waals surface area contributed by atoms with Gasteiger partial charge in [-0.25, -0.2) is 8.42 Å². The lowest BCUT2D eigenvalue weighted by atomic mass is 10.1. The maximum Gasteiger partial charge on any atom is 0.316 e. The third kappa shape index (κ3) is 4.77. The van der Waals surface area contributed by atoms with Crippen molar-refractivity contribution in [3.8, 4) is 22.9 Å². The van der Waals surface area contributed by atoms with E-state index >= 15 is 0 Å². The summed E-state index contributed by atoms with van der Waals surface area (Å²) >= 11 is 0. The molecule has 1 aliphatic heterocycles. The van der Waals surface area contributed by atoms with Crippen LogP contribution in [0.1, 0.15) is 29.1 Å². The van der Waals surface area contributed by atoms with Crippen molar-refractivity contribution in [2.75, 3.05) is 32.0 Å². The zero-order chi connectivity index (χ0) is 23.6. The summed E-state index contributed by atoms with van der Waals surface area (Å²) in [5, 5.41) is 3.88. The van der Waals surface area contributed by atoms with E-state index in [4.69, 9.17) is 14.0 Å². The molecule has 1 N–H and O–H groups in total. The molecule has 0 unspecified atom stereocenters. The molecule has 1 saturated heterocycles. The molecule has 2 heterocycles. The van der Waals surface area contributed by atoms with Crippen molar-refractivity contribution in [3.05, 3.63) is 47.9 Å². The molecule has 3 aromatic rings. The van der Waals surface area contributed by atoms with Crippen LogP contribution >= 0.6 is 0 Å². The quantitative estimate of drug-likeness (QED) is 0.556. The third-order valence-electron chi connectivity index (χ3n) is 5.34. The van der Waals surface area contributed by atoms with E-state index in [2.05, 4.69) is 14.9 Å². The van der Waals surface area contributed by atoms with Crippen LogP contribution in [-0.2, 0) is 10.0 Å². The largest absolute Gasteiger partial charge is 0.497 e. The highest BCUT2D eigenvalue weighted by Crippen LogP contribution is 2.29. The van der Waals surface area contributed by atoms with Gasteiger partial charge in [0.15, 0.2) is 0 Å². The lowest BCUT2D eigenvalue weighted by molar-refractivity contribution is 0.0743. The molecule has 174 valence electrons. The minimum Gasteiger partial charge on any atom is -0.497 e. The molecule has 0 aliphatic carbocycles. The number of aromatic nitrogens is 2. The number of nitrogens with zero attached hydrogens (tertiary/aromatic N) is 3. The number of nitrogens with one attached hydrogen (secondary N) is 1. The van der Waals surface area contributed by atoms with Crippen LogP contribution < -0.4 is 14.2 Å². The zero-order valence-corrected chi connectivity index (χ0v) is 19.3. The number of aryl methyl sites for hydroxylation is 1. The fraction of sp³-hybridized carbons (Fsp3) is 0.318. The number of hydrogen-bond donors (Lipinski definition) is 1. The first kappa shape index (κ1) is 22.6. The number of carbonyl (C=O) groups excluding carboxylic acids is 1. The van der Waals surface area contributed by atoms with Gasteiger partial charge in [0.2, 0.25) is 5.82 Å². The van der Waals surface area contributed by atoms with Crippen molar-refractivity contribution in [2.45, 2.75) is 24.7 Å². The highest BCUT2D eigenvalue weighted by Gasteiger charge is 2.26. The number of carbonyl (C=O) groups is 1. The first-order chi connectivity index (χ1) is 15.8. The molecule has 4 rings (SSSR count). The summed E-state index contributed by atoms with van der Waals surface area (Å²) in [5.74, 6) is 0.592. The Kier molecular flexibility index (Phi) is 6.23. The summed E-state index contributed by atoms with van der Waals surface area (Å²) in [6.45, 7) is 3.00. The predicted octanol–water partition coefficient (Wildman–Crippen LogP) is 3.10. The molecule has 1 fully saturated rings. The Hall–Kier alpha value is -3.60. The molecule has 11 heteroatoms. The van der Waals surface area contributed by atoms with Crippen LogP contribution in [0.4, 0.5) is 5.69 Å². The smallest absolute Gasteiger partial charge is 0.316 e. The Morgan fingerprint density at radius 3 is 2.36 bits per heavy atom. The maximum absolute atomic E-state index is 13.2. The topological polar surface area (TPSA) is 124 Å². The summed E-state index contributed by atoms with van der Waals surface area (Å²) in [6.07, 6.45) is 1.89. The molecule has 1 amide bonds. The van der Waals surface area contributed by atoms with Crippen LogP contribution in [0.15, 0.2) is 45.8 Å². The van der Waals surface area contributed by atoms with E-state index in [1.807, 2.05) is 0 Å². The van der Waals surface area contributed by atoms with Crippen LogP contribution in [0, 0.1) is 6.92 Å². The number of amides is 1. The van der Waals surface area contributed by atoms with Gasteiger partial charge in [0.05, 0.1) is 24.8 Å². The molecule has 10 nitrogen and oxygen atoms in total. The average Bonchev–Trinajstić information content (AvgIpc) is 3.51. The zero-order valence-electron chi connectivity index (χ0n) is 18.5. The van der Waals surface area contributed by atoms with Crippen molar-refractivity contribution in [3.63, 3.8) is 0 Å². The van der Waals surface area contributed by atoms with Gasteiger partial charge in [0.1, 0.15) is 11.5 Å². The van der Waals surface area contributed by atoms with Gasteiger partial charge in [-0.15, -0.1) is 0 Å². The summed E-state index contributed by atoms with van der Waals surface area (Å²) in [7, 11) is -1.01. The van der Waals surface area contributed by atoms with Gasteiger partial charge in [0.25, 0.3) is 10.0 Å². The van der Waals surface area contributed by atoms with E-state index < -0.39 is 10.0 Å². The lowest BCUT2D eigenvalue weighted by Gasteiger charge is -2.13. The van der Waals surface area contributed by atoms with Crippen molar-refractivity contribution in [2.24, 2.45) is 0 Å². The van der Waals surface area contributed by atoms with Crippen LogP contribution in [0.3, 0.4) is 0 Å². The Labute approximate surface area is 191 Å². The van der Waals surface area contributed by atoms with Gasteiger partial charge < -0.3 is 18.9 Å². The second-order valence-electron chi connectivity index (χ2n) is 7.61. The van der Waals surface area contributed by atoms with Gasteiger partial charge >= 0.3 is 11.8 Å². The minimum absolute atomic E-state index is 0.0407. The second kappa shape index (κ2) is 9.10. The molecule has 0 radical (unpaired) electrons. The molecule has 1 aromatic heterocycles. The lowest BCUT2D eigenvalue weighted by Crippen LogP contribution is -2.27. The minimum atomic E-state index is -3.97. The van der Waals surface area contributed by atoms with Gasteiger partial charge in [-0.1, -0.05) is 17.3 Å². The van der Waals surface area contributed by atoms with Crippen LogP contribution in [0.2, 0.25) is 0 Å². The first-order valence-corrected chi connectivity index (χ1v) is 11.8. The maximum atomic E-state index is 13.2. The highest BCUT2D eigenvalue weighted by molar-refractivity contribution is 7.92. The van der Waals surface area contributed by atoms with Crippen molar-refractivity contribution < 1.29 is 27.2 Å². The molecule has 0 saturated carbocycles. The molecule has 33 heavy (non-hydrogen) atoms. The predicted molar refractivity (Wildman–Crippen MR) is 120 cm³/mol. The standard InChI is InChI=1S/C22H24N4O6S/c1-14-6-7-15(20-23-21(32-24-20)22(27)26-8-4-5-9-26)10-19(14)33(28,29)25-16-11-17(30-2)13-18(12-16)31-3/h6-7,10-13,25H,4-5,8-9H2,1-3H3. The molecular formula is C22H24N4O6S. The van der Waals surface area contributed by atoms with E-state index in [1.54, 1.807) is 42.2 Å². The van der Waals surface area contributed by atoms with Crippen molar-refractivity contribution in [1.82, 2.24) is 15.0 Å². The van der Waals surface area contributed by atoms with Crippen LogP contribution in [-0.4, -0.2) is 56.7 Å². The van der Waals surface area contributed by atoms with Gasteiger partial charge in [-0.3, -0.25) is 9.52 Å². The van der Waals surface area contributed by atoms with Crippen LogP contribution in [0.25, 0.3) is 11.4 Å². The second-order valence-corrected chi connectivity index (χ2v) is 9.26. The molecule has 0 spiro atoms. The van der Waals surface area contributed by atoms with Gasteiger partial charge in [0, 0.05) is 36.9 Å². The summed E-state index contributed by atoms with van der Waals surface area (Å²) < 4.78 is 44.5. The monoisotopic (exact) mass is 472 g/mol. The molecule has 1 aliphatic rings. The number of ether oxygens (including phenoxy) is 2. The van der Waals surface area contributed by atoms with E-state index in [0.717, 1.165) is 12.8 Å². The van der Waals surface area contributed by atoms with Crippen LogP contribution in [0.5, 0.6) is 11.5 Å². The summed E-state index contributed by atoms with van der Waals surface area (Å²) in [4.78, 5) is 18.4. The Bertz CT molecular complexity index is 1260. The van der Waals surface area contributed by atoms with E-state index in [1.165, 1.54) is 20.3 Å².